The van der Waals surface area contributed by atoms with Gasteiger partial charge in [0.15, 0.2) is 5.76 Å². The van der Waals surface area contributed by atoms with Gasteiger partial charge < -0.3 is 4.42 Å². The highest BCUT2D eigenvalue weighted by molar-refractivity contribution is 7.92. The van der Waals surface area contributed by atoms with Crippen molar-refractivity contribution in [3.8, 4) is 11.3 Å². The molecule has 1 aliphatic rings. The number of hydrogen-bond donors (Lipinski definition) is 0. The van der Waals surface area contributed by atoms with Crippen molar-refractivity contribution in [2.75, 3.05) is 0 Å². The lowest BCUT2D eigenvalue weighted by Crippen LogP contribution is -2.00. The zero-order chi connectivity index (χ0) is 11.3. The fourth-order valence-corrected chi connectivity index (χ4v) is 3.40. The predicted octanol–water partition coefficient (Wildman–Crippen LogP) is 1.45. The maximum atomic E-state index is 12.0. The standard InChI is InChI=1S/C11H6O4S/c12-10-6-5-9-11(15-10)7-3-1-2-4-8(7)16(9,13)14/h1-6H. The first-order valence-corrected chi connectivity index (χ1v) is 6.08. The Kier molecular flexibility index (Phi) is 1.65. The van der Waals surface area contributed by atoms with E-state index in [-0.39, 0.29) is 15.6 Å². The van der Waals surface area contributed by atoms with E-state index in [2.05, 4.69) is 0 Å². The van der Waals surface area contributed by atoms with Gasteiger partial charge in [0, 0.05) is 11.6 Å². The van der Waals surface area contributed by atoms with E-state index in [0.29, 0.717) is 5.56 Å². The molecule has 2 heterocycles. The summed E-state index contributed by atoms with van der Waals surface area (Å²) in [6.45, 7) is 0. The van der Waals surface area contributed by atoms with Gasteiger partial charge in [0.1, 0.15) is 4.90 Å². The molecule has 16 heavy (non-hydrogen) atoms. The highest BCUT2D eigenvalue weighted by atomic mass is 32.2. The maximum Gasteiger partial charge on any atom is 0.336 e. The SMILES string of the molecule is O=c1ccc2c(o1)-c1ccccc1S2(=O)=O. The Morgan fingerprint density at radius 1 is 0.938 bits per heavy atom. The third-order valence-corrected chi connectivity index (χ3v) is 4.34. The van der Waals surface area contributed by atoms with Crippen LogP contribution in [0.25, 0.3) is 11.3 Å². The Morgan fingerprint density at radius 2 is 1.69 bits per heavy atom. The summed E-state index contributed by atoms with van der Waals surface area (Å²) in [5, 5.41) is 0. The first-order valence-electron chi connectivity index (χ1n) is 4.59. The van der Waals surface area contributed by atoms with Crippen molar-refractivity contribution < 1.29 is 12.8 Å². The van der Waals surface area contributed by atoms with Gasteiger partial charge in [-0.3, -0.25) is 0 Å². The van der Waals surface area contributed by atoms with Crippen LogP contribution in [-0.2, 0) is 9.84 Å². The van der Waals surface area contributed by atoms with Gasteiger partial charge in [0.05, 0.1) is 4.90 Å². The number of fused-ring (bicyclic) bond motifs is 3. The molecule has 0 radical (unpaired) electrons. The van der Waals surface area contributed by atoms with Crippen molar-refractivity contribution in [3.63, 3.8) is 0 Å². The quantitative estimate of drug-likeness (QED) is 0.590. The van der Waals surface area contributed by atoms with Crippen LogP contribution in [0.5, 0.6) is 0 Å². The fraction of sp³-hybridized carbons (Fsp3) is 0. The van der Waals surface area contributed by atoms with E-state index < -0.39 is 15.5 Å². The Hall–Kier alpha value is -1.88. The van der Waals surface area contributed by atoms with Crippen LogP contribution in [0.2, 0.25) is 0 Å². The zero-order valence-electron chi connectivity index (χ0n) is 8.01. The van der Waals surface area contributed by atoms with Crippen molar-refractivity contribution in [1.82, 2.24) is 0 Å². The van der Waals surface area contributed by atoms with Gasteiger partial charge in [-0.05, 0) is 18.2 Å². The van der Waals surface area contributed by atoms with Gasteiger partial charge in [-0.25, -0.2) is 13.2 Å². The Balaban J connectivity index is 2.55. The third-order valence-electron chi connectivity index (χ3n) is 2.51. The van der Waals surface area contributed by atoms with Gasteiger partial charge in [-0.15, -0.1) is 0 Å². The summed E-state index contributed by atoms with van der Waals surface area (Å²) in [5.74, 6) is 0.142. The molecule has 0 bridgehead atoms. The molecule has 3 rings (SSSR count). The van der Waals surface area contributed by atoms with Crippen LogP contribution in [0.3, 0.4) is 0 Å². The van der Waals surface area contributed by atoms with Crippen LogP contribution in [0, 0.1) is 0 Å². The molecule has 1 aromatic heterocycles. The minimum absolute atomic E-state index is 0.0632. The first-order chi connectivity index (χ1) is 7.60. The van der Waals surface area contributed by atoms with Crippen LogP contribution < -0.4 is 5.63 Å². The molecule has 0 fully saturated rings. The van der Waals surface area contributed by atoms with Gasteiger partial charge in [0.25, 0.3) is 0 Å². The second kappa shape index (κ2) is 2.82. The van der Waals surface area contributed by atoms with Crippen molar-refractivity contribution >= 4 is 9.84 Å². The van der Waals surface area contributed by atoms with Gasteiger partial charge in [0.2, 0.25) is 9.84 Å². The number of rotatable bonds is 0. The lowest BCUT2D eigenvalue weighted by atomic mass is 10.2. The summed E-state index contributed by atoms with van der Waals surface area (Å²) in [7, 11) is -3.51. The second-order valence-electron chi connectivity index (χ2n) is 3.45. The number of hydrogen-bond acceptors (Lipinski definition) is 4. The van der Waals surface area contributed by atoms with E-state index in [4.69, 9.17) is 4.42 Å². The van der Waals surface area contributed by atoms with Crippen molar-refractivity contribution in [1.29, 1.82) is 0 Å². The van der Waals surface area contributed by atoms with Crippen LogP contribution in [0.15, 0.2) is 55.4 Å². The summed E-state index contributed by atoms with van der Waals surface area (Å²) >= 11 is 0. The van der Waals surface area contributed by atoms with E-state index in [1.165, 1.54) is 12.1 Å². The Morgan fingerprint density at radius 3 is 2.50 bits per heavy atom. The molecule has 1 aromatic carbocycles. The molecule has 1 aliphatic heterocycles. The van der Waals surface area contributed by atoms with Crippen LogP contribution in [0.1, 0.15) is 0 Å². The average molecular weight is 234 g/mol. The molecule has 0 saturated carbocycles. The number of benzene rings is 1. The monoisotopic (exact) mass is 234 g/mol. The fourth-order valence-electron chi connectivity index (χ4n) is 1.81. The molecule has 0 aliphatic carbocycles. The van der Waals surface area contributed by atoms with E-state index in [0.717, 1.165) is 6.07 Å². The first kappa shape index (κ1) is 9.35. The largest absolute Gasteiger partial charge is 0.421 e. The topological polar surface area (TPSA) is 64.3 Å². The van der Waals surface area contributed by atoms with Gasteiger partial charge >= 0.3 is 5.63 Å². The molecule has 80 valence electrons. The molecule has 0 amide bonds. The summed E-state index contributed by atoms with van der Waals surface area (Å²) < 4.78 is 29.0. The van der Waals surface area contributed by atoms with E-state index >= 15 is 0 Å². The molecular formula is C11H6O4S. The lowest BCUT2D eigenvalue weighted by molar-refractivity contribution is 0.513. The molecule has 2 aromatic rings. The second-order valence-corrected chi connectivity index (χ2v) is 5.33. The highest BCUT2D eigenvalue weighted by Gasteiger charge is 2.34. The normalized spacial score (nSPS) is 15.5. The van der Waals surface area contributed by atoms with Gasteiger partial charge in [-0.2, -0.15) is 0 Å². The van der Waals surface area contributed by atoms with Crippen molar-refractivity contribution in [2.45, 2.75) is 9.79 Å². The molecule has 0 N–H and O–H groups in total. The van der Waals surface area contributed by atoms with E-state index in [9.17, 15) is 13.2 Å². The van der Waals surface area contributed by atoms with Crippen LogP contribution in [0.4, 0.5) is 0 Å². The summed E-state index contributed by atoms with van der Waals surface area (Å²) in [5.41, 5.74) is -0.0964. The summed E-state index contributed by atoms with van der Waals surface area (Å²) in [6, 6.07) is 8.88. The summed E-state index contributed by atoms with van der Waals surface area (Å²) in [4.78, 5) is 11.3. The maximum absolute atomic E-state index is 12.0. The average Bonchev–Trinajstić information content (AvgIpc) is 2.49. The molecule has 0 spiro atoms. The Bertz CT molecular complexity index is 741. The third kappa shape index (κ3) is 1.03. The molecule has 0 unspecified atom stereocenters. The predicted molar refractivity (Wildman–Crippen MR) is 55.9 cm³/mol. The van der Waals surface area contributed by atoms with Crippen LogP contribution >= 0.6 is 0 Å². The zero-order valence-corrected chi connectivity index (χ0v) is 8.82. The Labute approximate surface area is 91.1 Å². The van der Waals surface area contributed by atoms with E-state index in [1.54, 1.807) is 18.2 Å². The van der Waals surface area contributed by atoms with Crippen molar-refractivity contribution in [2.24, 2.45) is 0 Å². The van der Waals surface area contributed by atoms with Crippen LogP contribution in [-0.4, -0.2) is 8.42 Å². The molecule has 0 saturated heterocycles. The number of sulfone groups is 1. The van der Waals surface area contributed by atoms with Gasteiger partial charge in [-0.1, -0.05) is 12.1 Å². The lowest BCUT2D eigenvalue weighted by Gasteiger charge is -1.94. The highest BCUT2D eigenvalue weighted by Crippen LogP contribution is 2.41. The molecular weight excluding hydrogens is 228 g/mol. The van der Waals surface area contributed by atoms with E-state index in [1.807, 2.05) is 0 Å². The smallest absolute Gasteiger partial charge is 0.336 e. The molecule has 5 heteroatoms. The molecule has 4 nitrogen and oxygen atoms in total. The summed E-state index contributed by atoms with van der Waals surface area (Å²) in [6.07, 6.45) is 0. The molecule has 0 atom stereocenters. The minimum atomic E-state index is -3.51. The minimum Gasteiger partial charge on any atom is -0.421 e. The van der Waals surface area contributed by atoms with Crippen molar-refractivity contribution in [3.05, 3.63) is 46.8 Å².